The molecule has 2 heterocycles. The Hall–Kier alpha value is -4.54. The number of aromatic amines is 1. The van der Waals surface area contributed by atoms with Crippen LogP contribution in [0.5, 0.6) is 0 Å². The maximum absolute atomic E-state index is 13.3. The summed E-state index contributed by atoms with van der Waals surface area (Å²) in [5.41, 5.74) is 4.21. The van der Waals surface area contributed by atoms with Crippen LogP contribution in [0.3, 0.4) is 0 Å². The molecular weight excluding hydrogens is 488 g/mol. The molecule has 1 aliphatic heterocycles. The van der Waals surface area contributed by atoms with Crippen molar-refractivity contribution in [1.29, 1.82) is 0 Å². The van der Waals surface area contributed by atoms with Gasteiger partial charge in [-0.1, -0.05) is 60.7 Å². The molecule has 10 heteroatoms. The number of fused-ring (bicyclic) bond motifs is 3. The molecule has 38 heavy (non-hydrogen) atoms. The van der Waals surface area contributed by atoms with E-state index >= 15 is 0 Å². The van der Waals surface area contributed by atoms with Gasteiger partial charge in [-0.25, -0.2) is 4.79 Å². The molecule has 1 amide bonds. The number of carbonyl (C=O) groups is 2. The van der Waals surface area contributed by atoms with Gasteiger partial charge in [-0.05, 0) is 29.2 Å². The molecule has 194 valence electrons. The van der Waals surface area contributed by atoms with Crippen LogP contribution in [0.1, 0.15) is 28.4 Å². The number of esters is 1. The zero-order valence-corrected chi connectivity index (χ0v) is 20.3. The molecule has 0 fully saturated rings. The van der Waals surface area contributed by atoms with E-state index < -0.39 is 41.5 Å². The van der Waals surface area contributed by atoms with Gasteiger partial charge in [0.05, 0.1) is 23.6 Å². The third kappa shape index (κ3) is 5.13. The second kappa shape index (κ2) is 10.8. The van der Waals surface area contributed by atoms with Gasteiger partial charge in [0.25, 0.3) is 5.69 Å². The number of rotatable bonds is 8. The predicted octanol–water partition coefficient (Wildman–Crippen LogP) is 2.90. The fraction of sp³-hybridized carbons (Fsp3) is 0.214. The van der Waals surface area contributed by atoms with Crippen molar-refractivity contribution in [2.45, 2.75) is 31.2 Å². The lowest BCUT2D eigenvalue weighted by Gasteiger charge is -2.31. The summed E-state index contributed by atoms with van der Waals surface area (Å²) in [5.74, 6) is -1.20. The van der Waals surface area contributed by atoms with E-state index in [1.54, 1.807) is 12.1 Å². The number of aliphatic hydroxyl groups is 1. The molecule has 1 aliphatic rings. The first-order chi connectivity index (χ1) is 18.4. The lowest BCUT2D eigenvalue weighted by atomic mass is 9.90. The summed E-state index contributed by atoms with van der Waals surface area (Å²) in [5, 5.41) is 27.8. The lowest BCUT2D eigenvalue weighted by Crippen LogP contribution is -2.54. The SMILES string of the molecule is O=C(N[C@@H](CO)C(=O)OCc1ccccc1)[C@@H]1Cc2c([nH]c3ccccc23)[C@@H](c2ccc([N+](=O)[O-])cc2)N1. The Morgan fingerprint density at radius 3 is 2.47 bits per heavy atom. The van der Waals surface area contributed by atoms with E-state index in [9.17, 15) is 24.8 Å². The third-order valence-corrected chi connectivity index (χ3v) is 6.67. The summed E-state index contributed by atoms with van der Waals surface area (Å²) < 4.78 is 5.30. The van der Waals surface area contributed by atoms with E-state index in [-0.39, 0.29) is 12.3 Å². The summed E-state index contributed by atoms with van der Waals surface area (Å²) in [6, 6.07) is 20.6. The summed E-state index contributed by atoms with van der Waals surface area (Å²) in [6.45, 7) is -0.592. The number of aliphatic hydroxyl groups excluding tert-OH is 1. The van der Waals surface area contributed by atoms with Crippen LogP contribution in [-0.2, 0) is 27.4 Å². The Morgan fingerprint density at radius 1 is 1.05 bits per heavy atom. The zero-order valence-electron chi connectivity index (χ0n) is 20.3. The molecular formula is C28H26N4O6. The van der Waals surface area contributed by atoms with Crippen LogP contribution >= 0.6 is 0 Å². The first-order valence-corrected chi connectivity index (χ1v) is 12.2. The number of nitro groups is 1. The highest BCUT2D eigenvalue weighted by Gasteiger charge is 2.35. The highest BCUT2D eigenvalue weighted by Crippen LogP contribution is 2.35. The highest BCUT2D eigenvalue weighted by atomic mass is 16.6. The molecule has 4 aromatic rings. The molecule has 0 saturated heterocycles. The second-order valence-electron chi connectivity index (χ2n) is 9.10. The Balaban J connectivity index is 1.37. The molecule has 3 atom stereocenters. The van der Waals surface area contributed by atoms with Gasteiger partial charge in [0.15, 0.2) is 6.04 Å². The first kappa shape index (κ1) is 25.1. The number of nitrogens with zero attached hydrogens (tertiary/aromatic N) is 1. The van der Waals surface area contributed by atoms with Gasteiger partial charge in [-0.3, -0.25) is 20.2 Å². The molecule has 1 aromatic heterocycles. The van der Waals surface area contributed by atoms with E-state index in [0.717, 1.165) is 33.3 Å². The molecule has 4 N–H and O–H groups in total. The minimum Gasteiger partial charge on any atom is -0.459 e. The molecule has 5 rings (SSSR count). The Bertz CT molecular complexity index is 1470. The van der Waals surface area contributed by atoms with Crippen molar-refractivity contribution in [3.8, 4) is 0 Å². The van der Waals surface area contributed by atoms with Crippen molar-refractivity contribution in [3.63, 3.8) is 0 Å². The summed E-state index contributed by atoms with van der Waals surface area (Å²) in [4.78, 5) is 40.0. The van der Waals surface area contributed by atoms with Crippen molar-refractivity contribution >= 4 is 28.5 Å². The van der Waals surface area contributed by atoms with Crippen LogP contribution in [0.4, 0.5) is 5.69 Å². The normalized spacial score (nSPS) is 17.4. The fourth-order valence-corrected chi connectivity index (χ4v) is 4.74. The van der Waals surface area contributed by atoms with Gasteiger partial charge in [0.1, 0.15) is 6.61 Å². The first-order valence-electron chi connectivity index (χ1n) is 12.2. The summed E-state index contributed by atoms with van der Waals surface area (Å²) in [7, 11) is 0. The number of para-hydroxylation sites is 1. The maximum atomic E-state index is 13.3. The zero-order chi connectivity index (χ0) is 26.6. The van der Waals surface area contributed by atoms with Crippen molar-refractivity contribution in [2.75, 3.05) is 6.61 Å². The van der Waals surface area contributed by atoms with Crippen molar-refractivity contribution < 1.29 is 24.4 Å². The quantitative estimate of drug-likeness (QED) is 0.161. The van der Waals surface area contributed by atoms with E-state index in [1.165, 1.54) is 12.1 Å². The molecule has 3 aromatic carbocycles. The van der Waals surface area contributed by atoms with Gasteiger partial charge in [0, 0.05) is 28.7 Å². The van der Waals surface area contributed by atoms with Crippen molar-refractivity contribution in [1.82, 2.24) is 15.6 Å². The lowest BCUT2D eigenvalue weighted by molar-refractivity contribution is -0.384. The summed E-state index contributed by atoms with van der Waals surface area (Å²) in [6.07, 6.45) is 0.339. The number of carbonyl (C=O) groups excluding carboxylic acids is 2. The number of H-pyrrole nitrogens is 1. The number of aromatic nitrogens is 1. The number of nitrogens with one attached hydrogen (secondary N) is 3. The average molecular weight is 515 g/mol. The van der Waals surface area contributed by atoms with Gasteiger partial charge in [0.2, 0.25) is 5.91 Å². The standard InChI is InChI=1S/C28H26N4O6/c33-15-24(28(35)38-16-17-6-2-1-3-7-17)31-27(34)23-14-21-20-8-4-5-9-22(20)29-26(21)25(30-23)18-10-12-19(13-11-18)32(36)37/h1-13,23-25,29-30,33H,14-16H2,(H,31,34)/t23-,24-,25+/m0/s1. The molecule has 0 radical (unpaired) electrons. The van der Waals surface area contributed by atoms with Crippen LogP contribution in [0.2, 0.25) is 0 Å². The van der Waals surface area contributed by atoms with E-state index in [2.05, 4.69) is 15.6 Å². The Labute approximate surface area is 217 Å². The number of amides is 1. The summed E-state index contributed by atoms with van der Waals surface area (Å²) >= 11 is 0. The van der Waals surface area contributed by atoms with Crippen LogP contribution in [0, 0.1) is 10.1 Å². The third-order valence-electron chi connectivity index (χ3n) is 6.67. The second-order valence-corrected chi connectivity index (χ2v) is 9.10. The van der Waals surface area contributed by atoms with Gasteiger partial charge < -0.3 is 20.1 Å². The Morgan fingerprint density at radius 2 is 1.76 bits per heavy atom. The van der Waals surface area contributed by atoms with E-state index in [0.29, 0.717) is 6.42 Å². The highest BCUT2D eigenvalue weighted by molar-refractivity contribution is 5.90. The fourth-order valence-electron chi connectivity index (χ4n) is 4.74. The number of ether oxygens (including phenoxy) is 1. The number of benzene rings is 3. The molecule has 10 nitrogen and oxygen atoms in total. The van der Waals surface area contributed by atoms with Crippen LogP contribution in [0.15, 0.2) is 78.9 Å². The molecule has 0 aliphatic carbocycles. The minimum absolute atomic E-state index is 0.0225. The van der Waals surface area contributed by atoms with E-state index in [1.807, 2.05) is 54.6 Å². The smallest absolute Gasteiger partial charge is 0.331 e. The molecule has 0 saturated carbocycles. The molecule has 0 bridgehead atoms. The average Bonchev–Trinajstić information content (AvgIpc) is 3.33. The van der Waals surface area contributed by atoms with Gasteiger partial charge in [-0.2, -0.15) is 0 Å². The number of hydrogen-bond donors (Lipinski definition) is 4. The van der Waals surface area contributed by atoms with Crippen molar-refractivity contribution in [2.24, 2.45) is 0 Å². The minimum atomic E-state index is -1.23. The number of nitro benzene ring substituents is 1. The number of hydrogen-bond acceptors (Lipinski definition) is 7. The van der Waals surface area contributed by atoms with Crippen LogP contribution in [0.25, 0.3) is 10.9 Å². The molecule has 0 unspecified atom stereocenters. The maximum Gasteiger partial charge on any atom is 0.331 e. The van der Waals surface area contributed by atoms with Gasteiger partial charge in [-0.15, -0.1) is 0 Å². The monoisotopic (exact) mass is 514 g/mol. The van der Waals surface area contributed by atoms with E-state index in [4.69, 9.17) is 4.74 Å². The van der Waals surface area contributed by atoms with Gasteiger partial charge >= 0.3 is 5.97 Å². The largest absolute Gasteiger partial charge is 0.459 e. The predicted molar refractivity (Wildman–Crippen MR) is 139 cm³/mol. The Kier molecular flexibility index (Phi) is 7.16. The topological polar surface area (TPSA) is 147 Å². The van der Waals surface area contributed by atoms with Crippen LogP contribution in [-0.4, -0.2) is 45.6 Å². The number of non-ortho nitro benzene ring substituents is 1. The molecule has 0 spiro atoms. The van der Waals surface area contributed by atoms with Crippen LogP contribution < -0.4 is 10.6 Å². The van der Waals surface area contributed by atoms with Crippen molar-refractivity contribution in [3.05, 3.63) is 111 Å².